The van der Waals surface area contributed by atoms with Gasteiger partial charge >= 0.3 is 6.16 Å². The number of rotatable bonds is 5. The summed E-state index contributed by atoms with van der Waals surface area (Å²) < 4.78 is 17.3. The highest BCUT2D eigenvalue weighted by atomic mass is 16.7. The van der Waals surface area contributed by atoms with Crippen LogP contribution in [0.3, 0.4) is 0 Å². The number of carboxylic acid groups (broad SMARTS) is 1. The second-order valence-corrected chi connectivity index (χ2v) is 6.72. The van der Waals surface area contributed by atoms with E-state index in [0.717, 1.165) is 11.1 Å². The van der Waals surface area contributed by atoms with Gasteiger partial charge in [-0.15, -0.1) is 0 Å². The summed E-state index contributed by atoms with van der Waals surface area (Å²) in [5.41, 5.74) is 1.82. The molecule has 2 aromatic carbocycles. The van der Waals surface area contributed by atoms with Crippen LogP contribution in [-0.4, -0.2) is 38.1 Å². The minimum absolute atomic E-state index is 0.00910. The minimum atomic E-state index is -1.47. The number of aryl methyl sites for hydroxylation is 2. The van der Waals surface area contributed by atoms with Crippen molar-refractivity contribution in [3.63, 3.8) is 0 Å². The summed E-state index contributed by atoms with van der Waals surface area (Å²) in [7, 11) is 1.50. The van der Waals surface area contributed by atoms with Gasteiger partial charge in [0.2, 0.25) is 5.95 Å². The number of H-pyrrole nitrogens is 1. The summed E-state index contributed by atoms with van der Waals surface area (Å²) in [6, 6.07) is 8.96. The zero-order chi connectivity index (χ0) is 22.1. The Morgan fingerprint density at radius 1 is 1.16 bits per heavy atom. The van der Waals surface area contributed by atoms with Gasteiger partial charge < -0.3 is 19.3 Å². The molecule has 0 amide bonds. The maximum atomic E-state index is 12.7. The minimum Gasteiger partial charge on any atom is -0.493 e. The Morgan fingerprint density at radius 3 is 2.58 bits per heavy atom. The van der Waals surface area contributed by atoms with Crippen LogP contribution >= 0.6 is 0 Å². The lowest BCUT2D eigenvalue weighted by molar-refractivity contribution is 0.144. The average molecular weight is 422 g/mol. The maximum absolute atomic E-state index is 12.7. The lowest BCUT2D eigenvalue weighted by atomic mass is 10.1. The topological polar surface area (TPSA) is 129 Å². The van der Waals surface area contributed by atoms with Gasteiger partial charge in [0, 0.05) is 6.07 Å². The van der Waals surface area contributed by atoms with Crippen molar-refractivity contribution in [1.82, 2.24) is 19.7 Å². The SMILES string of the molecule is COc1cc2nc(-n3cc(OC(=O)O)cn3)[nH]c(=O)c2cc1Oc1c(C)cccc1C. The van der Waals surface area contributed by atoms with Gasteiger partial charge in [0.25, 0.3) is 5.56 Å². The van der Waals surface area contributed by atoms with Gasteiger partial charge in [0.1, 0.15) is 5.75 Å². The second-order valence-electron chi connectivity index (χ2n) is 6.72. The first-order chi connectivity index (χ1) is 14.9. The number of aromatic amines is 1. The van der Waals surface area contributed by atoms with Crippen molar-refractivity contribution >= 4 is 17.1 Å². The summed E-state index contributed by atoms with van der Waals surface area (Å²) in [6.45, 7) is 3.87. The molecule has 2 aromatic heterocycles. The van der Waals surface area contributed by atoms with E-state index in [9.17, 15) is 9.59 Å². The first-order valence-electron chi connectivity index (χ1n) is 9.17. The van der Waals surface area contributed by atoms with Gasteiger partial charge in [-0.05, 0) is 31.0 Å². The van der Waals surface area contributed by atoms with E-state index < -0.39 is 11.7 Å². The number of para-hydroxylation sites is 1. The highest BCUT2D eigenvalue weighted by Gasteiger charge is 2.15. The van der Waals surface area contributed by atoms with Crippen molar-refractivity contribution in [2.75, 3.05) is 7.11 Å². The molecule has 0 spiro atoms. The van der Waals surface area contributed by atoms with Crippen LogP contribution in [0.25, 0.3) is 16.9 Å². The van der Waals surface area contributed by atoms with E-state index in [2.05, 4.69) is 19.8 Å². The van der Waals surface area contributed by atoms with Gasteiger partial charge in [0.05, 0.1) is 30.4 Å². The average Bonchev–Trinajstić information content (AvgIpc) is 3.18. The highest BCUT2D eigenvalue weighted by Crippen LogP contribution is 2.36. The Labute approximate surface area is 175 Å². The van der Waals surface area contributed by atoms with Crippen LogP contribution in [0.15, 0.2) is 47.5 Å². The Kier molecular flexibility index (Phi) is 5.04. The summed E-state index contributed by atoms with van der Waals surface area (Å²) in [5.74, 6) is 1.54. The van der Waals surface area contributed by atoms with E-state index in [-0.39, 0.29) is 11.7 Å². The molecule has 4 rings (SSSR count). The number of methoxy groups -OCH3 is 1. The Bertz CT molecular complexity index is 1340. The predicted octanol–water partition coefficient (Wildman–Crippen LogP) is 3.58. The Balaban J connectivity index is 1.78. The first kappa shape index (κ1) is 20.0. The molecule has 0 saturated carbocycles. The van der Waals surface area contributed by atoms with Gasteiger partial charge in [-0.1, -0.05) is 18.2 Å². The summed E-state index contributed by atoms with van der Waals surface area (Å²) >= 11 is 0. The van der Waals surface area contributed by atoms with Gasteiger partial charge in [-0.25, -0.2) is 14.5 Å². The van der Waals surface area contributed by atoms with Crippen LogP contribution < -0.4 is 19.8 Å². The number of ether oxygens (including phenoxy) is 3. The number of hydrogen-bond donors (Lipinski definition) is 2. The molecular formula is C21H18N4O6. The molecule has 10 heteroatoms. The molecule has 4 aromatic rings. The molecule has 0 saturated heterocycles. The second kappa shape index (κ2) is 7.82. The third kappa shape index (κ3) is 3.90. The summed E-state index contributed by atoms with van der Waals surface area (Å²) in [5, 5.41) is 13.0. The number of hydrogen-bond acceptors (Lipinski definition) is 7. The Morgan fingerprint density at radius 2 is 1.90 bits per heavy atom. The van der Waals surface area contributed by atoms with E-state index >= 15 is 0 Å². The molecule has 2 N–H and O–H groups in total. The van der Waals surface area contributed by atoms with Crippen molar-refractivity contribution in [2.45, 2.75) is 13.8 Å². The lowest BCUT2D eigenvalue weighted by Gasteiger charge is -2.15. The molecule has 0 aliphatic heterocycles. The number of aromatic nitrogens is 4. The van der Waals surface area contributed by atoms with Gasteiger partial charge in [0.15, 0.2) is 17.2 Å². The quantitative estimate of drug-likeness (QED) is 0.467. The molecule has 0 radical (unpaired) electrons. The van der Waals surface area contributed by atoms with E-state index in [1.165, 1.54) is 24.2 Å². The molecule has 0 fully saturated rings. The third-order valence-electron chi connectivity index (χ3n) is 4.58. The molecule has 0 aliphatic carbocycles. The fraction of sp³-hybridized carbons (Fsp3) is 0.143. The van der Waals surface area contributed by atoms with Crippen LogP contribution in [0.5, 0.6) is 23.0 Å². The molecule has 2 heterocycles. The zero-order valence-corrected chi connectivity index (χ0v) is 16.9. The number of carbonyl (C=O) groups is 1. The zero-order valence-electron chi connectivity index (χ0n) is 16.9. The summed E-state index contributed by atoms with van der Waals surface area (Å²) in [6.07, 6.45) is 1.01. The number of nitrogens with one attached hydrogen (secondary N) is 1. The largest absolute Gasteiger partial charge is 0.511 e. The number of nitrogens with zero attached hydrogens (tertiary/aromatic N) is 3. The highest BCUT2D eigenvalue weighted by molar-refractivity contribution is 5.82. The van der Waals surface area contributed by atoms with Crippen molar-refractivity contribution in [3.8, 4) is 28.9 Å². The third-order valence-corrected chi connectivity index (χ3v) is 4.58. The van der Waals surface area contributed by atoms with Crippen molar-refractivity contribution in [1.29, 1.82) is 0 Å². The fourth-order valence-corrected chi connectivity index (χ4v) is 3.13. The lowest BCUT2D eigenvalue weighted by Crippen LogP contribution is -2.14. The van der Waals surface area contributed by atoms with Gasteiger partial charge in [-0.2, -0.15) is 5.10 Å². The van der Waals surface area contributed by atoms with E-state index in [0.29, 0.717) is 28.2 Å². The van der Waals surface area contributed by atoms with E-state index in [1.54, 1.807) is 12.1 Å². The predicted molar refractivity (Wildman–Crippen MR) is 111 cm³/mol. The normalized spacial score (nSPS) is 10.8. The molecular weight excluding hydrogens is 404 g/mol. The maximum Gasteiger partial charge on any atom is 0.511 e. The number of fused-ring (bicyclic) bond motifs is 1. The molecule has 0 atom stereocenters. The molecule has 0 aliphatic rings. The van der Waals surface area contributed by atoms with Crippen LogP contribution in [0.4, 0.5) is 4.79 Å². The fourth-order valence-electron chi connectivity index (χ4n) is 3.13. The smallest absolute Gasteiger partial charge is 0.493 e. The van der Waals surface area contributed by atoms with Crippen LogP contribution in [-0.2, 0) is 0 Å². The van der Waals surface area contributed by atoms with Crippen LogP contribution in [0.1, 0.15) is 11.1 Å². The van der Waals surface area contributed by atoms with Crippen LogP contribution in [0, 0.1) is 13.8 Å². The van der Waals surface area contributed by atoms with Crippen molar-refractivity contribution in [3.05, 3.63) is 64.2 Å². The van der Waals surface area contributed by atoms with Crippen LogP contribution in [0.2, 0.25) is 0 Å². The van der Waals surface area contributed by atoms with E-state index in [4.69, 9.17) is 14.6 Å². The van der Waals surface area contributed by atoms with E-state index in [1.807, 2.05) is 32.0 Å². The first-order valence-corrected chi connectivity index (χ1v) is 9.17. The van der Waals surface area contributed by atoms with Gasteiger partial charge in [-0.3, -0.25) is 9.78 Å². The molecule has 0 unspecified atom stereocenters. The monoisotopic (exact) mass is 422 g/mol. The summed E-state index contributed by atoms with van der Waals surface area (Å²) in [4.78, 5) is 30.4. The molecule has 31 heavy (non-hydrogen) atoms. The Hall–Kier alpha value is -4.34. The number of benzene rings is 2. The molecule has 0 bridgehead atoms. The van der Waals surface area contributed by atoms with Crippen molar-refractivity contribution in [2.24, 2.45) is 0 Å². The standard InChI is InChI=1S/C21H18N4O6/c1-11-5-4-6-12(2)18(11)31-17-7-14-15(8-16(17)29-3)23-20(24-19(14)26)25-10-13(9-22-25)30-21(27)28/h4-10H,1-3H3,(H,27,28)(H,23,24,26). The molecule has 158 valence electrons. The molecule has 10 nitrogen and oxygen atoms in total. The van der Waals surface area contributed by atoms with Crippen molar-refractivity contribution < 1.29 is 24.1 Å².